The second kappa shape index (κ2) is 5.02. The lowest BCUT2D eigenvalue weighted by Crippen LogP contribution is -2.53. The van der Waals surface area contributed by atoms with Gasteiger partial charge in [0.05, 0.1) is 13.7 Å². The number of hydrogen-bond acceptors (Lipinski definition) is 6. The van der Waals surface area contributed by atoms with Crippen molar-refractivity contribution in [3.05, 3.63) is 0 Å². The van der Waals surface area contributed by atoms with E-state index in [9.17, 15) is 19.5 Å². The summed E-state index contributed by atoms with van der Waals surface area (Å²) in [5.41, 5.74) is -2.90. The largest absolute Gasteiger partial charge is 0.467 e. The Morgan fingerprint density at radius 3 is 2.65 bits per heavy atom. The molecule has 1 spiro atoms. The molecule has 2 heterocycles. The Labute approximate surface area is 116 Å². The van der Waals surface area contributed by atoms with Crippen molar-refractivity contribution in [3.8, 4) is 0 Å². The third-order valence-corrected chi connectivity index (χ3v) is 3.68. The van der Waals surface area contributed by atoms with Crippen LogP contribution in [0.2, 0.25) is 0 Å². The van der Waals surface area contributed by atoms with E-state index in [2.05, 4.69) is 10.1 Å². The molecule has 0 radical (unpaired) electrons. The highest BCUT2D eigenvalue weighted by Crippen LogP contribution is 2.29. The molecule has 2 aliphatic rings. The van der Waals surface area contributed by atoms with Gasteiger partial charge in [-0.05, 0) is 6.92 Å². The molecule has 2 saturated heterocycles. The highest BCUT2D eigenvalue weighted by Gasteiger charge is 2.53. The van der Waals surface area contributed by atoms with Crippen molar-refractivity contribution < 1.29 is 29.0 Å². The van der Waals surface area contributed by atoms with Crippen LogP contribution in [0.3, 0.4) is 0 Å². The number of rotatable bonds is 3. The normalized spacial score (nSPS) is 24.4. The quantitative estimate of drug-likeness (QED) is 0.510. The maximum absolute atomic E-state index is 12.4. The van der Waals surface area contributed by atoms with Crippen molar-refractivity contribution in [1.29, 1.82) is 0 Å². The number of carbonyl (C=O) groups excluding carboxylic acids is 3. The fourth-order valence-electron chi connectivity index (χ4n) is 2.47. The summed E-state index contributed by atoms with van der Waals surface area (Å²) in [7, 11) is 1.13. The van der Waals surface area contributed by atoms with Crippen LogP contribution in [0.1, 0.15) is 19.8 Å². The Morgan fingerprint density at radius 2 is 2.10 bits per heavy atom. The van der Waals surface area contributed by atoms with Crippen LogP contribution in [0, 0.1) is 0 Å². The molecule has 0 aromatic heterocycles. The van der Waals surface area contributed by atoms with Gasteiger partial charge in [0.25, 0.3) is 5.91 Å². The minimum Gasteiger partial charge on any atom is -0.467 e. The molecule has 0 bridgehead atoms. The molecule has 2 N–H and O–H groups in total. The van der Waals surface area contributed by atoms with Gasteiger partial charge >= 0.3 is 12.0 Å². The van der Waals surface area contributed by atoms with Gasteiger partial charge in [-0.2, -0.15) is 0 Å². The zero-order valence-electron chi connectivity index (χ0n) is 11.5. The first-order chi connectivity index (χ1) is 9.32. The molecule has 0 aromatic carbocycles. The number of amides is 3. The van der Waals surface area contributed by atoms with Gasteiger partial charge in [0.15, 0.2) is 5.60 Å². The lowest BCUT2D eigenvalue weighted by atomic mass is 9.90. The Hall–Kier alpha value is -1.67. The van der Waals surface area contributed by atoms with Crippen LogP contribution >= 0.6 is 0 Å². The number of nitrogens with zero attached hydrogens (tertiary/aromatic N) is 1. The third kappa shape index (κ3) is 2.36. The van der Waals surface area contributed by atoms with E-state index in [0.717, 1.165) is 12.0 Å². The molecule has 8 heteroatoms. The molecule has 2 aliphatic heterocycles. The number of aliphatic hydroxyl groups is 1. The number of esters is 1. The molecule has 3 amide bonds. The molecule has 0 saturated carbocycles. The monoisotopic (exact) mass is 286 g/mol. The standard InChI is InChI=1S/C12H18N2O6/c1-11(18,9(16)19-2)7-14-8(15)12(13-10(14)17)3-5-20-6-4-12/h18H,3-7H2,1-2H3,(H,13,17). The first-order valence-corrected chi connectivity index (χ1v) is 6.35. The molecular weight excluding hydrogens is 268 g/mol. The van der Waals surface area contributed by atoms with Gasteiger partial charge < -0.3 is 19.9 Å². The number of nitrogens with one attached hydrogen (secondary N) is 1. The van der Waals surface area contributed by atoms with Crippen LogP contribution in [-0.4, -0.2) is 65.9 Å². The summed E-state index contributed by atoms with van der Waals surface area (Å²) in [5.74, 6) is -1.33. The molecule has 112 valence electrons. The minimum atomic E-state index is -1.93. The molecule has 0 aliphatic carbocycles. The lowest BCUT2D eigenvalue weighted by Gasteiger charge is -2.31. The summed E-state index contributed by atoms with van der Waals surface area (Å²) in [6, 6.07) is -0.610. The van der Waals surface area contributed by atoms with Gasteiger partial charge in [-0.15, -0.1) is 0 Å². The van der Waals surface area contributed by atoms with Crippen LogP contribution in [-0.2, 0) is 19.1 Å². The first-order valence-electron chi connectivity index (χ1n) is 6.35. The Kier molecular flexibility index (Phi) is 3.70. The van der Waals surface area contributed by atoms with E-state index in [-0.39, 0.29) is 0 Å². The van der Waals surface area contributed by atoms with E-state index in [1.54, 1.807) is 0 Å². The molecule has 2 rings (SSSR count). The number of hydrogen-bond donors (Lipinski definition) is 2. The van der Waals surface area contributed by atoms with Crippen LogP contribution in [0.4, 0.5) is 4.79 Å². The summed E-state index contributed by atoms with van der Waals surface area (Å²) in [6.07, 6.45) is 0.767. The fourth-order valence-corrected chi connectivity index (χ4v) is 2.47. The summed E-state index contributed by atoms with van der Waals surface area (Å²) in [6.45, 7) is 1.53. The van der Waals surface area contributed by atoms with Gasteiger partial charge in [-0.25, -0.2) is 9.59 Å². The van der Waals surface area contributed by atoms with Crippen LogP contribution in [0.25, 0.3) is 0 Å². The van der Waals surface area contributed by atoms with Crippen LogP contribution < -0.4 is 5.32 Å². The average Bonchev–Trinajstić information content (AvgIpc) is 2.63. The molecule has 0 aromatic rings. The SMILES string of the molecule is COC(=O)C(C)(O)CN1C(=O)NC2(CCOCC2)C1=O. The van der Waals surface area contributed by atoms with E-state index < -0.39 is 35.6 Å². The Balaban J connectivity index is 2.15. The molecule has 2 fully saturated rings. The van der Waals surface area contributed by atoms with Gasteiger partial charge in [0.2, 0.25) is 0 Å². The lowest BCUT2D eigenvalue weighted by molar-refractivity contribution is -0.162. The number of carbonyl (C=O) groups is 3. The van der Waals surface area contributed by atoms with E-state index in [1.807, 2.05) is 0 Å². The highest BCUT2D eigenvalue weighted by molar-refractivity contribution is 6.07. The minimum absolute atomic E-state index is 0.382. The zero-order valence-corrected chi connectivity index (χ0v) is 11.5. The molecular formula is C12H18N2O6. The van der Waals surface area contributed by atoms with E-state index in [4.69, 9.17) is 4.74 Å². The van der Waals surface area contributed by atoms with Crippen LogP contribution in [0.15, 0.2) is 0 Å². The average molecular weight is 286 g/mol. The highest BCUT2D eigenvalue weighted by atomic mass is 16.5. The van der Waals surface area contributed by atoms with Crippen molar-refractivity contribution in [1.82, 2.24) is 10.2 Å². The molecule has 8 nitrogen and oxygen atoms in total. The topological polar surface area (TPSA) is 105 Å². The maximum Gasteiger partial charge on any atom is 0.339 e. The van der Waals surface area contributed by atoms with Crippen molar-refractivity contribution in [2.75, 3.05) is 26.9 Å². The van der Waals surface area contributed by atoms with Crippen molar-refractivity contribution >= 4 is 17.9 Å². The molecule has 1 atom stereocenters. The molecule has 20 heavy (non-hydrogen) atoms. The molecule has 1 unspecified atom stereocenters. The second-order valence-electron chi connectivity index (χ2n) is 5.28. The van der Waals surface area contributed by atoms with Crippen molar-refractivity contribution in [3.63, 3.8) is 0 Å². The third-order valence-electron chi connectivity index (χ3n) is 3.68. The Morgan fingerprint density at radius 1 is 1.50 bits per heavy atom. The van der Waals surface area contributed by atoms with E-state index in [0.29, 0.717) is 26.1 Å². The van der Waals surface area contributed by atoms with Crippen LogP contribution in [0.5, 0.6) is 0 Å². The zero-order chi connectivity index (χ0) is 15.0. The van der Waals surface area contributed by atoms with E-state index >= 15 is 0 Å². The predicted molar refractivity (Wildman–Crippen MR) is 65.7 cm³/mol. The van der Waals surface area contributed by atoms with Crippen molar-refractivity contribution in [2.45, 2.75) is 30.9 Å². The van der Waals surface area contributed by atoms with Crippen molar-refractivity contribution in [2.24, 2.45) is 0 Å². The number of methoxy groups -OCH3 is 1. The van der Waals surface area contributed by atoms with E-state index in [1.165, 1.54) is 6.92 Å². The smallest absolute Gasteiger partial charge is 0.339 e. The maximum atomic E-state index is 12.4. The predicted octanol–water partition coefficient (Wildman–Crippen LogP) is -0.989. The summed E-state index contributed by atoms with van der Waals surface area (Å²) in [5, 5.41) is 12.6. The summed E-state index contributed by atoms with van der Waals surface area (Å²) >= 11 is 0. The number of ether oxygens (including phenoxy) is 2. The summed E-state index contributed by atoms with van der Waals surface area (Å²) in [4.78, 5) is 36.6. The fraction of sp³-hybridized carbons (Fsp3) is 0.750. The Bertz CT molecular complexity index is 441. The number of β-amino-alcohol motifs (C(OH)–C–C–N with tert-alkyl or cyclic N) is 1. The number of imide groups is 1. The van der Waals surface area contributed by atoms with Gasteiger partial charge in [-0.1, -0.05) is 0 Å². The van der Waals surface area contributed by atoms with Gasteiger partial charge in [0, 0.05) is 26.1 Å². The number of urea groups is 1. The van der Waals surface area contributed by atoms with Gasteiger partial charge in [-0.3, -0.25) is 9.69 Å². The second-order valence-corrected chi connectivity index (χ2v) is 5.28. The summed E-state index contributed by atoms with van der Waals surface area (Å²) < 4.78 is 9.64. The van der Waals surface area contributed by atoms with Gasteiger partial charge in [0.1, 0.15) is 5.54 Å². The first kappa shape index (κ1) is 14.7.